The molecule has 0 bridgehead atoms. The zero-order valence-corrected chi connectivity index (χ0v) is 12.0. The van der Waals surface area contributed by atoms with Crippen molar-refractivity contribution < 1.29 is 9.90 Å². The third-order valence-corrected chi connectivity index (χ3v) is 4.17. The third-order valence-electron chi connectivity index (χ3n) is 3.68. The summed E-state index contributed by atoms with van der Waals surface area (Å²) in [4.78, 5) is 11.6. The summed E-state index contributed by atoms with van der Waals surface area (Å²) in [6.07, 6.45) is 4.51. The van der Waals surface area contributed by atoms with Gasteiger partial charge in [-0.05, 0) is 37.5 Å². The number of hydrogen-bond donors (Lipinski definition) is 2. The van der Waals surface area contributed by atoms with Gasteiger partial charge in [0.05, 0.1) is 0 Å². The van der Waals surface area contributed by atoms with E-state index in [1.807, 2.05) is 24.3 Å². The molecule has 1 fully saturated rings. The summed E-state index contributed by atoms with van der Waals surface area (Å²) in [5.74, 6) is -0.826. The molecule has 1 aliphatic carbocycles. The molecule has 0 aromatic heterocycles. The van der Waals surface area contributed by atoms with Crippen LogP contribution in [0.1, 0.15) is 38.2 Å². The minimum Gasteiger partial charge on any atom is -0.480 e. The Kier molecular flexibility index (Phi) is 4.07. The fourth-order valence-corrected chi connectivity index (χ4v) is 2.95. The number of carboxylic acid groups (broad SMARTS) is 1. The molecule has 1 aromatic rings. The van der Waals surface area contributed by atoms with Crippen LogP contribution in [0, 0.1) is 0 Å². The van der Waals surface area contributed by atoms with Crippen LogP contribution in [0.4, 0.5) is 0 Å². The quantitative estimate of drug-likeness (QED) is 0.897. The van der Waals surface area contributed by atoms with Gasteiger partial charge in [0.2, 0.25) is 0 Å². The number of benzene rings is 1. The van der Waals surface area contributed by atoms with Crippen molar-refractivity contribution in [1.29, 1.82) is 0 Å². The molecule has 1 aliphatic rings. The molecule has 2 N–H and O–H groups in total. The van der Waals surface area contributed by atoms with Gasteiger partial charge in [0.15, 0.2) is 0 Å². The van der Waals surface area contributed by atoms with Crippen molar-refractivity contribution in [3.63, 3.8) is 0 Å². The van der Waals surface area contributed by atoms with Crippen LogP contribution in [0.15, 0.2) is 28.7 Å². The first-order valence-electron chi connectivity index (χ1n) is 6.29. The van der Waals surface area contributed by atoms with E-state index in [1.165, 1.54) is 12.8 Å². The van der Waals surface area contributed by atoms with Crippen molar-refractivity contribution >= 4 is 21.9 Å². The van der Waals surface area contributed by atoms with Gasteiger partial charge in [0.1, 0.15) is 5.54 Å². The lowest BCUT2D eigenvalue weighted by molar-refractivity contribution is -0.145. The Morgan fingerprint density at radius 1 is 1.44 bits per heavy atom. The van der Waals surface area contributed by atoms with Gasteiger partial charge in [0.25, 0.3) is 0 Å². The highest BCUT2D eigenvalue weighted by molar-refractivity contribution is 9.10. The van der Waals surface area contributed by atoms with Crippen LogP contribution >= 0.6 is 15.9 Å². The largest absolute Gasteiger partial charge is 0.480 e. The first-order chi connectivity index (χ1) is 8.52. The molecular weight excluding hydrogens is 294 g/mol. The molecule has 0 spiro atoms. The highest BCUT2D eigenvalue weighted by Gasteiger charge is 2.37. The van der Waals surface area contributed by atoms with E-state index < -0.39 is 11.5 Å². The van der Waals surface area contributed by atoms with E-state index in [0.29, 0.717) is 6.04 Å². The molecule has 1 unspecified atom stereocenters. The number of halogens is 1. The summed E-state index contributed by atoms with van der Waals surface area (Å²) in [6.45, 7) is 1.75. The second-order valence-electron chi connectivity index (χ2n) is 5.07. The second-order valence-corrected chi connectivity index (χ2v) is 5.98. The molecule has 0 amide bonds. The Morgan fingerprint density at radius 3 is 2.67 bits per heavy atom. The zero-order chi connectivity index (χ0) is 13.2. The molecule has 3 nitrogen and oxygen atoms in total. The van der Waals surface area contributed by atoms with Crippen LogP contribution in [-0.4, -0.2) is 17.1 Å². The number of rotatable bonds is 4. The van der Waals surface area contributed by atoms with Gasteiger partial charge in [-0.25, -0.2) is 4.79 Å². The minimum absolute atomic E-state index is 0.310. The smallest absolute Gasteiger partial charge is 0.328 e. The molecule has 0 aliphatic heterocycles. The zero-order valence-electron chi connectivity index (χ0n) is 10.4. The summed E-state index contributed by atoms with van der Waals surface area (Å²) in [5.41, 5.74) is -0.227. The van der Waals surface area contributed by atoms with Crippen LogP contribution in [-0.2, 0) is 10.3 Å². The first kappa shape index (κ1) is 13.6. The van der Waals surface area contributed by atoms with Crippen molar-refractivity contribution in [3.05, 3.63) is 34.3 Å². The molecule has 1 aromatic carbocycles. The maximum atomic E-state index is 11.6. The average Bonchev–Trinajstić information content (AvgIpc) is 2.81. The van der Waals surface area contributed by atoms with E-state index in [0.717, 1.165) is 22.9 Å². The molecule has 0 heterocycles. The van der Waals surface area contributed by atoms with Crippen LogP contribution in [0.25, 0.3) is 0 Å². The maximum absolute atomic E-state index is 11.6. The van der Waals surface area contributed by atoms with E-state index in [2.05, 4.69) is 21.2 Å². The molecule has 18 heavy (non-hydrogen) atoms. The van der Waals surface area contributed by atoms with Crippen molar-refractivity contribution in [1.82, 2.24) is 5.32 Å². The van der Waals surface area contributed by atoms with E-state index in [-0.39, 0.29) is 0 Å². The minimum atomic E-state index is -1.02. The van der Waals surface area contributed by atoms with Gasteiger partial charge < -0.3 is 5.11 Å². The second kappa shape index (κ2) is 5.41. The Bertz CT molecular complexity index is 443. The molecular formula is C14H18BrNO2. The van der Waals surface area contributed by atoms with Crippen LogP contribution in [0.5, 0.6) is 0 Å². The summed E-state index contributed by atoms with van der Waals surface area (Å²) >= 11 is 3.40. The summed E-state index contributed by atoms with van der Waals surface area (Å²) in [7, 11) is 0. The Morgan fingerprint density at radius 2 is 2.11 bits per heavy atom. The summed E-state index contributed by atoms with van der Waals surface area (Å²) in [6, 6.07) is 7.82. The third kappa shape index (κ3) is 2.75. The summed E-state index contributed by atoms with van der Waals surface area (Å²) < 4.78 is 0.903. The monoisotopic (exact) mass is 311 g/mol. The normalized spacial score (nSPS) is 19.7. The van der Waals surface area contributed by atoms with E-state index >= 15 is 0 Å². The highest BCUT2D eigenvalue weighted by atomic mass is 79.9. The first-order valence-corrected chi connectivity index (χ1v) is 7.09. The lowest BCUT2D eigenvalue weighted by atomic mass is 9.91. The number of nitrogens with one attached hydrogen (secondary N) is 1. The summed E-state index contributed by atoms with van der Waals surface area (Å²) in [5, 5.41) is 12.9. The van der Waals surface area contributed by atoms with Gasteiger partial charge in [-0.2, -0.15) is 0 Å². The SMILES string of the molecule is CC(NC1CCCC1)(C(=O)O)c1cccc(Br)c1. The van der Waals surface area contributed by atoms with E-state index in [9.17, 15) is 9.90 Å². The molecule has 0 radical (unpaired) electrons. The van der Waals surface area contributed by atoms with E-state index in [4.69, 9.17) is 0 Å². The lowest BCUT2D eigenvalue weighted by Gasteiger charge is -2.30. The van der Waals surface area contributed by atoms with Crippen LogP contribution in [0.3, 0.4) is 0 Å². The standard InChI is InChI=1S/C14H18BrNO2/c1-14(13(17)18,16-12-7-2-3-8-12)10-5-4-6-11(15)9-10/h4-6,9,12,16H,2-3,7-8H2,1H3,(H,17,18). The highest BCUT2D eigenvalue weighted by Crippen LogP contribution is 2.28. The van der Waals surface area contributed by atoms with Crippen LogP contribution < -0.4 is 5.32 Å². The van der Waals surface area contributed by atoms with Gasteiger partial charge in [-0.1, -0.05) is 40.9 Å². The van der Waals surface area contributed by atoms with Crippen molar-refractivity contribution in [3.8, 4) is 0 Å². The fraction of sp³-hybridized carbons (Fsp3) is 0.500. The molecule has 1 saturated carbocycles. The Balaban J connectivity index is 2.28. The predicted molar refractivity (Wildman–Crippen MR) is 74.5 cm³/mol. The molecule has 1 atom stereocenters. The average molecular weight is 312 g/mol. The van der Waals surface area contributed by atoms with Gasteiger partial charge in [-0.3, -0.25) is 5.32 Å². The number of aliphatic carboxylic acids is 1. The predicted octanol–water partition coefficient (Wildman–Crippen LogP) is 3.28. The van der Waals surface area contributed by atoms with Gasteiger partial charge in [0, 0.05) is 10.5 Å². The lowest BCUT2D eigenvalue weighted by Crippen LogP contribution is -2.50. The van der Waals surface area contributed by atoms with Crippen molar-refractivity contribution in [2.24, 2.45) is 0 Å². The Hall–Kier alpha value is -0.870. The number of carbonyl (C=O) groups is 1. The number of carboxylic acids is 1. The molecule has 4 heteroatoms. The topological polar surface area (TPSA) is 49.3 Å². The number of hydrogen-bond acceptors (Lipinski definition) is 2. The van der Waals surface area contributed by atoms with Crippen molar-refractivity contribution in [2.75, 3.05) is 0 Å². The maximum Gasteiger partial charge on any atom is 0.328 e. The van der Waals surface area contributed by atoms with E-state index in [1.54, 1.807) is 6.92 Å². The molecule has 0 saturated heterocycles. The van der Waals surface area contributed by atoms with Gasteiger partial charge >= 0.3 is 5.97 Å². The Labute approximate surface area is 116 Å². The van der Waals surface area contributed by atoms with Crippen LogP contribution in [0.2, 0.25) is 0 Å². The fourth-order valence-electron chi connectivity index (χ4n) is 2.55. The van der Waals surface area contributed by atoms with Crippen molar-refractivity contribution in [2.45, 2.75) is 44.2 Å². The molecule has 2 rings (SSSR count). The van der Waals surface area contributed by atoms with Gasteiger partial charge in [-0.15, -0.1) is 0 Å². The molecule has 98 valence electrons.